The molecule has 1 aromatic heterocycles. The molecule has 3 atom stereocenters. The van der Waals surface area contributed by atoms with Gasteiger partial charge in [-0.2, -0.15) is 0 Å². The Morgan fingerprint density at radius 3 is 2.75 bits per heavy atom. The van der Waals surface area contributed by atoms with Gasteiger partial charge in [-0.25, -0.2) is 0 Å². The fraction of sp³-hybridized carbons (Fsp3) is 0.706. The number of pyridine rings is 1. The summed E-state index contributed by atoms with van der Waals surface area (Å²) in [6.45, 7) is 4.53. The van der Waals surface area contributed by atoms with Crippen LogP contribution in [0.5, 0.6) is 0 Å². The van der Waals surface area contributed by atoms with Gasteiger partial charge < -0.3 is 10.6 Å². The molecule has 1 aliphatic carbocycles. The maximum absolute atomic E-state index is 6.03. The summed E-state index contributed by atoms with van der Waals surface area (Å²) in [5.74, 6) is 1.90. The monoisotopic (exact) mass is 273 g/mol. The van der Waals surface area contributed by atoms with Crippen LogP contribution in [-0.2, 0) is 0 Å². The number of fused-ring (bicyclic) bond motifs is 1. The van der Waals surface area contributed by atoms with Crippen molar-refractivity contribution in [2.45, 2.75) is 51.5 Å². The lowest BCUT2D eigenvalue weighted by Crippen LogP contribution is -2.41. The average Bonchev–Trinajstić information content (AvgIpc) is 2.54. The Balaban J connectivity index is 1.67. The van der Waals surface area contributed by atoms with Crippen molar-refractivity contribution in [1.82, 2.24) is 4.98 Å². The van der Waals surface area contributed by atoms with Crippen molar-refractivity contribution >= 4 is 5.69 Å². The van der Waals surface area contributed by atoms with E-state index in [0.29, 0.717) is 0 Å². The lowest BCUT2D eigenvalue weighted by Gasteiger charge is -2.42. The van der Waals surface area contributed by atoms with Crippen LogP contribution < -0.4 is 10.6 Å². The van der Waals surface area contributed by atoms with Gasteiger partial charge in [0.05, 0.1) is 17.6 Å². The maximum atomic E-state index is 6.03. The van der Waals surface area contributed by atoms with Crippen LogP contribution in [0.25, 0.3) is 0 Å². The van der Waals surface area contributed by atoms with Crippen molar-refractivity contribution in [2.75, 3.05) is 18.0 Å². The first-order valence-corrected chi connectivity index (χ1v) is 8.24. The molecule has 3 nitrogen and oxygen atoms in total. The SMILES string of the molecule is CC[C@H](N)c1ccc(N2CCC3CCCCC3C2)cn1. The van der Waals surface area contributed by atoms with Gasteiger partial charge in [0.15, 0.2) is 0 Å². The molecule has 20 heavy (non-hydrogen) atoms. The minimum Gasteiger partial charge on any atom is -0.370 e. The predicted molar refractivity (Wildman–Crippen MR) is 83.7 cm³/mol. The van der Waals surface area contributed by atoms with Crippen molar-refractivity contribution in [2.24, 2.45) is 17.6 Å². The Labute approximate surface area is 122 Å². The van der Waals surface area contributed by atoms with E-state index in [1.54, 1.807) is 0 Å². The number of piperidine rings is 1. The fourth-order valence-electron chi connectivity index (χ4n) is 3.85. The molecule has 0 spiro atoms. The van der Waals surface area contributed by atoms with Crippen LogP contribution in [0.2, 0.25) is 0 Å². The molecular weight excluding hydrogens is 246 g/mol. The van der Waals surface area contributed by atoms with Crippen molar-refractivity contribution in [1.29, 1.82) is 0 Å². The van der Waals surface area contributed by atoms with Gasteiger partial charge in [0, 0.05) is 19.1 Å². The first-order chi connectivity index (χ1) is 9.78. The quantitative estimate of drug-likeness (QED) is 0.916. The summed E-state index contributed by atoms with van der Waals surface area (Å²) in [7, 11) is 0. The van der Waals surface area contributed by atoms with E-state index in [2.05, 4.69) is 28.9 Å². The summed E-state index contributed by atoms with van der Waals surface area (Å²) in [6.07, 6.45) is 10.1. The Bertz CT molecular complexity index is 428. The molecule has 110 valence electrons. The molecule has 2 heterocycles. The third-order valence-electron chi connectivity index (χ3n) is 5.25. The van der Waals surface area contributed by atoms with Crippen LogP contribution in [0.4, 0.5) is 5.69 Å². The second-order valence-corrected chi connectivity index (χ2v) is 6.50. The van der Waals surface area contributed by atoms with Gasteiger partial charge in [0.2, 0.25) is 0 Å². The third kappa shape index (κ3) is 2.83. The minimum atomic E-state index is 0.0770. The summed E-state index contributed by atoms with van der Waals surface area (Å²) < 4.78 is 0. The van der Waals surface area contributed by atoms with Crippen LogP contribution in [0.1, 0.15) is 57.2 Å². The number of hydrogen-bond donors (Lipinski definition) is 1. The molecule has 0 radical (unpaired) electrons. The molecule has 1 saturated carbocycles. The summed E-state index contributed by atoms with van der Waals surface area (Å²) in [4.78, 5) is 7.09. The van der Waals surface area contributed by atoms with Crippen molar-refractivity contribution in [3.8, 4) is 0 Å². The molecule has 1 aromatic rings. The molecule has 3 rings (SSSR count). The molecule has 2 aliphatic rings. The molecule has 3 heteroatoms. The summed E-state index contributed by atoms with van der Waals surface area (Å²) in [6, 6.07) is 4.39. The Morgan fingerprint density at radius 2 is 2.05 bits per heavy atom. The van der Waals surface area contributed by atoms with Crippen molar-refractivity contribution in [3.05, 3.63) is 24.0 Å². The highest BCUT2D eigenvalue weighted by Crippen LogP contribution is 2.37. The molecule has 2 fully saturated rings. The third-order valence-corrected chi connectivity index (χ3v) is 5.25. The van der Waals surface area contributed by atoms with E-state index in [-0.39, 0.29) is 6.04 Å². The van der Waals surface area contributed by atoms with Gasteiger partial charge in [-0.1, -0.05) is 26.2 Å². The zero-order chi connectivity index (χ0) is 13.9. The lowest BCUT2D eigenvalue weighted by molar-refractivity contribution is 0.202. The van der Waals surface area contributed by atoms with Crippen LogP contribution in [0.15, 0.2) is 18.3 Å². The van der Waals surface area contributed by atoms with E-state index >= 15 is 0 Å². The van der Waals surface area contributed by atoms with Gasteiger partial charge >= 0.3 is 0 Å². The van der Waals surface area contributed by atoms with Crippen molar-refractivity contribution < 1.29 is 0 Å². The molecule has 2 unspecified atom stereocenters. The summed E-state index contributed by atoms with van der Waals surface area (Å²) >= 11 is 0. The number of nitrogens with two attached hydrogens (primary N) is 1. The second kappa shape index (κ2) is 6.13. The average molecular weight is 273 g/mol. The van der Waals surface area contributed by atoms with Crippen LogP contribution in [-0.4, -0.2) is 18.1 Å². The smallest absolute Gasteiger partial charge is 0.0572 e. The Morgan fingerprint density at radius 1 is 1.25 bits per heavy atom. The van der Waals surface area contributed by atoms with Gasteiger partial charge in [0.1, 0.15) is 0 Å². The van der Waals surface area contributed by atoms with Gasteiger partial charge in [0.25, 0.3) is 0 Å². The normalized spacial score (nSPS) is 28.0. The topological polar surface area (TPSA) is 42.1 Å². The molecular formula is C17H27N3. The van der Waals surface area contributed by atoms with Crippen LogP contribution in [0, 0.1) is 11.8 Å². The number of hydrogen-bond acceptors (Lipinski definition) is 3. The number of aromatic nitrogens is 1. The molecule has 0 amide bonds. The predicted octanol–water partition coefficient (Wildman–Crippen LogP) is 3.51. The number of rotatable bonds is 3. The lowest BCUT2D eigenvalue weighted by atomic mass is 9.75. The van der Waals surface area contributed by atoms with E-state index in [4.69, 9.17) is 5.73 Å². The molecule has 0 aromatic carbocycles. The number of nitrogens with zero attached hydrogens (tertiary/aromatic N) is 2. The van der Waals surface area contributed by atoms with E-state index in [1.165, 1.54) is 50.9 Å². The Hall–Kier alpha value is -1.09. The summed E-state index contributed by atoms with van der Waals surface area (Å²) in [5.41, 5.74) is 8.33. The van der Waals surface area contributed by atoms with Gasteiger partial charge in [-0.3, -0.25) is 4.98 Å². The Kier molecular flexibility index (Phi) is 4.25. The molecule has 1 saturated heterocycles. The molecule has 2 N–H and O–H groups in total. The summed E-state index contributed by atoms with van der Waals surface area (Å²) in [5, 5.41) is 0. The van der Waals surface area contributed by atoms with E-state index in [0.717, 1.165) is 24.0 Å². The molecule has 0 bridgehead atoms. The van der Waals surface area contributed by atoms with Gasteiger partial charge in [-0.05, 0) is 43.2 Å². The number of anilines is 1. The standard InChI is InChI=1S/C17H27N3/c1-2-16(18)17-8-7-15(11-19-17)20-10-9-13-5-3-4-6-14(13)12-20/h7-8,11,13-14,16H,2-6,9-10,12,18H2,1H3/t13?,14?,16-/m0/s1. The zero-order valence-electron chi connectivity index (χ0n) is 12.6. The van der Waals surface area contributed by atoms with Crippen LogP contribution >= 0.6 is 0 Å². The van der Waals surface area contributed by atoms with Crippen LogP contribution in [0.3, 0.4) is 0 Å². The molecule has 1 aliphatic heterocycles. The highest BCUT2D eigenvalue weighted by atomic mass is 15.1. The minimum absolute atomic E-state index is 0.0770. The first-order valence-electron chi connectivity index (χ1n) is 8.24. The highest BCUT2D eigenvalue weighted by Gasteiger charge is 2.31. The second-order valence-electron chi connectivity index (χ2n) is 6.50. The van der Waals surface area contributed by atoms with E-state index < -0.39 is 0 Å². The highest BCUT2D eigenvalue weighted by molar-refractivity contribution is 5.45. The largest absolute Gasteiger partial charge is 0.370 e. The zero-order valence-corrected chi connectivity index (χ0v) is 12.6. The van der Waals surface area contributed by atoms with E-state index in [1.807, 2.05) is 6.20 Å². The fourth-order valence-corrected chi connectivity index (χ4v) is 3.85. The maximum Gasteiger partial charge on any atom is 0.0572 e. The van der Waals surface area contributed by atoms with Crippen molar-refractivity contribution in [3.63, 3.8) is 0 Å². The van der Waals surface area contributed by atoms with Gasteiger partial charge in [-0.15, -0.1) is 0 Å². The van der Waals surface area contributed by atoms with E-state index in [9.17, 15) is 0 Å². The first kappa shape index (κ1) is 13.9.